The van der Waals surface area contributed by atoms with Gasteiger partial charge in [-0.3, -0.25) is 0 Å². The lowest BCUT2D eigenvalue weighted by atomic mass is 9.83. The molecule has 2 rings (SSSR count). The minimum atomic E-state index is -1.03. The smallest absolute Gasteiger partial charge is 0.139 e. The van der Waals surface area contributed by atoms with Crippen LogP contribution in [0, 0.1) is 0 Å². The molecule has 0 aromatic heterocycles. The minimum Gasteiger partial charge on any atom is -0.497 e. The van der Waals surface area contributed by atoms with Crippen molar-refractivity contribution in [2.45, 2.75) is 10.9 Å². The lowest BCUT2D eigenvalue weighted by Crippen LogP contribution is -2.45. The first-order valence-corrected chi connectivity index (χ1v) is 6.75. The summed E-state index contributed by atoms with van der Waals surface area (Å²) < 4.78 is 10.4. The van der Waals surface area contributed by atoms with Crippen molar-refractivity contribution in [2.75, 3.05) is 14.2 Å². The topological polar surface area (TPSA) is 70.5 Å². The van der Waals surface area contributed by atoms with E-state index in [1.165, 1.54) is 7.11 Å². The van der Waals surface area contributed by atoms with Crippen molar-refractivity contribution in [1.29, 1.82) is 0 Å². The maximum atomic E-state index is 6.45. The SMILES string of the molecule is COC1=CC(N)(c2cc(OC)ccc2Cl)C(Cl)C=C1N. The lowest BCUT2D eigenvalue weighted by molar-refractivity contribution is 0.289. The Morgan fingerprint density at radius 2 is 1.95 bits per heavy atom. The molecule has 0 amide bonds. The molecule has 0 bridgehead atoms. The molecule has 0 saturated heterocycles. The molecular weight excluding hydrogens is 299 g/mol. The van der Waals surface area contributed by atoms with Gasteiger partial charge in [0.15, 0.2) is 0 Å². The van der Waals surface area contributed by atoms with Crippen molar-refractivity contribution >= 4 is 23.2 Å². The number of methoxy groups -OCH3 is 2. The molecular formula is C14H16Cl2N2O2. The van der Waals surface area contributed by atoms with Crippen molar-refractivity contribution < 1.29 is 9.47 Å². The van der Waals surface area contributed by atoms with Crippen LogP contribution in [0.25, 0.3) is 0 Å². The van der Waals surface area contributed by atoms with Crippen molar-refractivity contribution in [3.63, 3.8) is 0 Å². The van der Waals surface area contributed by atoms with Gasteiger partial charge < -0.3 is 20.9 Å². The number of alkyl halides is 1. The van der Waals surface area contributed by atoms with Gasteiger partial charge in [-0.1, -0.05) is 11.6 Å². The van der Waals surface area contributed by atoms with Gasteiger partial charge in [0.2, 0.25) is 0 Å². The highest BCUT2D eigenvalue weighted by Gasteiger charge is 2.38. The summed E-state index contributed by atoms with van der Waals surface area (Å²) in [7, 11) is 3.10. The summed E-state index contributed by atoms with van der Waals surface area (Å²) in [5, 5.41) is -0.0504. The molecule has 2 unspecified atom stereocenters. The van der Waals surface area contributed by atoms with Crippen LogP contribution in [0.2, 0.25) is 5.02 Å². The number of rotatable bonds is 3. The second-order valence-corrected chi connectivity index (χ2v) is 5.39. The average Bonchev–Trinajstić information content (AvgIpc) is 2.43. The summed E-state index contributed by atoms with van der Waals surface area (Å²) in [6, 6.07) is 5.24. The fourth-order valence-electron chi connectivity index (χ4n) is 2.12. The summed E-state index contributed by atoms with van der Waals surface area (Å²) in [6.45, 7) is 0. The van der Waals surface area contributed by atoms with Gasteiger partial charge in [0, 0.05) is 10.6 Å². The summed E-state index contributed by atoms with van der Waals surface area (Å²) >= 11 is 12.6. The fourth-order valence-corrected chi connectivity index (χ4v) is 2.72. The lowest BCUT2D eigenvalue weighted by Gasteiger charge is -2.34. The Labute approximate surface area is 127 Å². The Hall–Kier alpha value is -1.36. The molecule has 108 valence electrons. The van der Waals surface area contributed by atoms with E-state index in [-0.39, 0.29) is 0 Å². The van der Waals surface area contributed by atoms with E-state index in [0.717, 1.165) is 0 Å². The molecule has 4 nitrogen and oxygen atoms in total. The number of nitrogens with two attached hydrogens (primary N) is 2. The fraction of sp³-hybridized carbons (Fsp3) is 0.286. The molecule has 1 aromatic rings. The van der Waals surface area contributed by atoms with Crippen LogP contribution < -0.4 is 16.2 Å². The summed E-state index contributed by atoms with van der Waals surface area (Å²) in [4.78, 5) is 0. The van der Waals surface area contributed by atoms with Crippen LogP contribution in [0.5, 0.6) is 5.75 Å². The van der Waals surface area contributed by atoms with Gasteiger partial charge in [-0.25, -0.2) is 0 Å². The molecule has 1 aliphatic carbocycles. The first-order chi connectivity index (χ1) is 9.42. The molecule has 0 heterocycles. The Morgan fingerprint density at radius 3 is 2.55 bits per heavy atom. The van der Waals surface area contributed by atoms with Crippen LogP contribution in [-0.2, 0) is 10.3 Å². The Bertz CT molecular complexity index is 587. The molecule has 0 radical (unpaired) electrons. The van der Waals surface area contributed by atoms with Crippen molar-refractivity contribution in [3.8, 4) is 5.75 Å². The van der Waals surface area contributed by atoms with Crippen LogP contribution in [0.4, 0.5) is 0 Å². The molecule has 0 fully saturated rings. The van der Waals surface area contributed by atoms with E-state index in [1.807, 2.05) is 0 Å². The van der Waals surface area contributed by atoms with Crippen molar-refractivity contribution in [3.05, 3.63) is 52.4 Å². The predicted octanol–water partition coefficient (Wildman–Crippen LogP) is 2.50. The van der Waals surface area contributed by atoms with E-state index in [2.05, 4.69) is 0 Å². The summed E-state index contributed by atoms with van der Waals surface area (Å²) in [5.74, 6) is 1.12. The first kappa shape index (κ1) is 15.0. The van der Waals surface area contributed by atoms with E-state index in [0.29, 0.717) is 27.8 Å². The molecule has 0 saturated carbocycles. The van der Waals surface area contributed by atoms with Gasteiger partial charge in [0.25, 0.3) is 0 Å². The highest BCUT2D eigenvalue weighted by atomic mass is 35.5. The molecule has 1 aliphatic rings. The number of hydrogen-bond acceptors (Lipinski definition) is 4. The normalized spacial score (nSPS) is 25.8. The molecule has 0 spiro atoms. The van der Waals surface area contributed by atoms with Crippen LogP contribution in [0.1, 0.15) is 5.56 Å². The molecule has 6 heteroatoms. The third-order valence-corrected chi connectivity index (χ3v) is 4.11. The molecule has 20 heavy (non-hydrogen) atoms. The van der Waals surface area contributed by atoms with E-state index in [1.54, 1.807) is 37.5 Å². The van der Waals surface area contributed by atoms with Gasteiger partial charge in [0.1, 0.15) is 11.5 Å². The van der Waals surface area contributed by atoms with Crippen LogP contribution in [-0.4, -0.2) is 19.6 Å². The number of hydrogen-bond donors (Lipinski definition) is 2. The largest absolute Gasteiger partial charge is 0.497 e. The Morgan fingerprint density at radius 1 is 1.25 bits per heavy atom. The average molecular weight is 315 g/mol. The maximum absolute atomic E-state index is 6.45. The number of ether oxygens (including phenoxy) is 2. The predicted molar refractivity (Wildman–Crippen MR) is 80.9 cm³/mol. The second-order valence-electron chi connectivity index (χ2n) is 4.52. The van der Waals surface area contributed by atoms with Crippen LogP contribution >= 0.6 is 23.2 Å². The zero-order chi connectivity index (χ0) is 14.9. The summed E-state index contributed by atoms with van der Waals surface area (Å²) in [6.07, 6.45) is 3.33. The molecule has 2 atom stereocenters. The first-order valence-electron chi connectivity index (χ1n) is 5.94. The van der Waals surface area contributed by atoms with Gasteiger partial charge >= 0.3 is 0 Å². The van der Waals surface area contributed by atoms with E-state index >= 15 is 0 Å². The third-order valence-electron chi connectivity index (χ3n) is 3.30. The third kappa shape index (κ3) is 2.46. The van der Waals surface area contributed by atoms with Gasteiger partial charge in [-0.2, -0.15) is 0 Å². The standard InChI is InChI=1S/C14H16Cl2N2O2/c1-19-8-3-4-10(15)9(5-8)14(18)7-12(20-2)11(17)6-13(14)16/h3-7,13H,17-18H2,1-2H3. The highest BCUT2D eigenvalue weighted by Crippen LogP contribution is 2.39. The Kier molecular flexibility index (Phi) is 4.18. The second kappa shape index (κ2) is 5.56. The van der Waals surface area contributed by atoms with E-state index < -0.39 is 10.9 Å². The maximum Gasteiger partial charge on any atom is 0.139 e. The molecule has 0 aliphatic heterocycles. The molecule has 4 N–H and O–H groups in total. The van der Waals surface area contributed by atoms with Gasteiger partial charge in [-0.15, -0.1) is 11.6 Å². The van der Waals surface area contributed by atoms with E-state index in [4.69, 9.17) is 44.1 Å². The monoisotopic (exact) mass is 314 g/mol. The zero-order valence-electron chi connectivity index (χ0n) is 11.2. The number of benzene rings is 1. The zero-order valence-corrected chi connectivity index (χ0v) is 12.7. The highest BCUT2D eigenvalue weighted by molar-refractivity contribution is 6.32. The number of halogens is 2. The Balaban J connectivity index is 2.57. The molecule has 1 aromatic carbocycles. The van der Waals surface area contributed by atoms with Gasteiger partial charge in [0.05, 0.1) is 30.8 Å². The van der Waals surface area contributed by atoms with Gasteiger partial charge in [-0.05, 0) is 30.4 Å². The minimum absolute atomic E-state index is 0.451. The van der Waals surface area contributed by atoms with Crippen LogP contribution in [0.15, 0.2) is 41.8 Å². The quantitative estimate of drug-likeness (QED) is 0.841. The van der Waals surface area contributed by atoms with E-state index in [9.17, 15) is 0 Å². The summed E-state index contributed by atoms with van der Waals surface area (Å²) in [5.41, 5.74) is 12.4. The van der Waals surface area contributed by atoms with Crippen LogP contribution in [0.3, 0.4) is 0 Å². The van der Waals surface area contributed by atoms with Crippen molar-refractivity contribution in [1.82, 2.24) is 0 Å². The van der Waals surface area contributed by atoms with Crippen molar-refractivity contribution in [2.24, 2.45) is 11.5 Å².